The van der Waals surface area contributed by atoms with Crippen molar-refractivity contribution >= 4 is 17.6 Å². The molecule has 0 spiro atoms. The lowest BCUT2D eigenvalue weighted by Crippen LogP contribution is -2.59. The number of nitrogens with one attached hydrogen (secondary N) is 2. The average Bonchev–Trinajstić information content (AvgIpc) is 3.05. The fraction of sp³-hybridized carbons (Fsp3) is 0.808. The summed E-state index contributed by atoms with van der Waals surface area (Å²) in [7, 11) is 0. The minimum atomic E-state index is -0.364. The second-order valence-electron chi connectivity index (χ2n) is 11.7. The Morgan fingerprint density at radius 3 is 2.55 bits per heavy atom. The van der Waals surface area contributed by atoms with E-state index in [9.17, 15) is 14.4 Å². The Morgan fingerprint density at radius 1 is 1.13 bits per heavy atom. The van der Waals surface area contributed by atoms with Gasteiger partial charge in [0.25, 0.3) is 0 Å². The molecule has 1 heterocycles. The molecule has 8 atom stereocenters. The molecule has 2 amide bonds. The lowest BCUT2D eigenvalue weighted by Gasteiger charge is -2.58. The predicted octanol–water partition coefficient (Wildman–Crippen LogP) is 4.02. The lowest BCUT2D eigenvalue weighted by molar-refractivity contribution is -0.136. The Kier molecular flexibility index (Phi) is 5.85. The van der Waals surface area contributed by atoms with Gasteiger partial charge in [-0.3, -0.25) is 14.4 Å². The van der Waals surface area contributed by atoms with Crippen LogP contribution in [0.3, 0.4) is 0 Å². The van der Waals surface area contributed by atoms with Gasteiger partial charge in [0.1, 0.15) is 0 Å². The zero-order chi connectivity index (χ0) is 22.6. The van der Waals surface area contributed by atoms with E-state index in [1.807, 2.05) is 0 Å². The summed E-state index contributed by atoms with van der Waals surface area (Å²) in [5, 5.41) is 6.34. The van der Waals surface area contributed by atoms with Gasteiger partial charge in [-0.2, -0.15) is 0 Å². The number of rotatable bonds is 5. The zero-order valence-electron chi connectivity index (χ0n) is 19.9. The molecule has 4 aliphatic rings. The first-order valence-electron chi connectivity index (χ1n) is 12.4. The van der Waals surface area contributed by atoms with Crippen molar-refractivity contribution in [2.75, 3.05) is 0 Å². The van der Waals surface area contributed by atoms with Crippen molar-refractivity contribution in [2.24, 2.45) is 40.4 Å². The number of fused-ring (bicyclic) bond motifs is 5. The highest BCUT2D eigenvalue weighted by Crippen LogP contribution is 2.65. The van der Waals surface area contributed by atoms with Crippen LogP contribution in [0.15, 0.2) is 12.2 Å². The second-order valence-corrected chi connectivity index (χ2v) is 11.7. The lowest BCUT2D eigenvalue weighted by atomic mass is 9.48. The monoisotopic (exact) mass is 428 g/mol. The smallest absolute Gasteiger partial charge is 0.243 e. The van der Waals surface area contributed by atoms with Gasteiger partial charge in [0.05, 0.1) is 6.04 Å². The van der Waals surface area contributed by atoms with Crippen LogP contribution in [0.25, 0.3) is 0 Å². The molecular weight excluding hydrogens is 388 g/mol. The van der Waals surface area contributed by atoms with Gasteiger partial charge in [-0.05, 0) is 87.0 Å². The molecule has 172 valence electrons. The van der Waals surface area contributed by atoms with E-state index in [1.165, 1.54) is 0 Å². The third-order valence-corrected chi connectivity index (χ3v) is 9.52. The fourth-order valence-electron chi connectivity index (χ4n) is 7.83. The Balaban J connectivity index is 1.52. The minimum Gasteiger partial charge on any atom is -0.349 e. The first-order chi connectivity index (χ1) is 14.6. The summed E-state index contributed by atoms with van der Waals surface area (Å²) in [5.41, 5.74) is 0.0325. The molecule has 3 saturated carbocycles. The van der Waals surface area contributed by atoms with E-state index >= 15 is 0 Å². The largest absolute Gasteiger partial charge is 0.349 e. The summed E-state index contributed by atoms with van der Waals surface area (Å²) in [6, 6.07) is -0.125. The minimum absolute atomic E-state index is 0.000377. The summed E-state index contributed by atoms with van der Waals surface area (Å²) in [4.78, 5) is 37.4. The Hall–Kier alpha value is -1.65. The SMILES string of the molecule is CC(=O)C(CC(C)C)NC(=O)[C@H]1CC[C@H]2[C@@H]3CC[C@H]4NC(=O)C=C[C@]4(C)[C@H]3CC[C@]12C. The van der Waals surface area contributed by atoms with Gasteiger partial charge >= 0.3 is 0 Å². The summed E-state index contributed by atoms with van der Waals surface area (Å²) >= 11 is 0. The van der Waals surface area contributed by atoms with E-state index in [2.05, 4.69) is 44.4 Å². The van der Waals surface area contributed by atoms with Gasteiger partial charge in [-0.15, -0.1) is 0 Å². The van der Waals surface area contributed by atoms with E-state index in [0.29, 0.717) is 30.1 Å². The Bertz CT molecular complexity index is 790. The topological polar surface area (TPSA) is 75.3 Å². The van der Waals surface area contributed by atoms with E-state index in [1.54, 1.807) is 13.0 Å². The van der Waals surface area contributed by atoms with Crippen LogP contribution in [0.1, 0.15) is 79.6 Å². The van der Waals surface area contributed by atoms with Gasteiger partial charge in [-0.25, -0.2) is 0 Å². The molecule has 0 saturated heterocycles. The van der Waals surface area contributed by atoms with Crippen molar-refractivity contribution in [3.8, 4) is 0 Å². The fourth-order valence-corrected chi connectivity index (χ4v) is 7.83. The number of carbonyl (C=O) groups is 3. The standard InChI is InChI=1S/C26H40N2O3/c1-15(2)14-21(16(3)29)27-24(31)20-8-7-18-17-6-9-22-26(5,13-11-23(30)28-22)19(17)10-12-25(18,20)4/h11,13,15,17-22H,6-10,12,14H2,1-5H3,(H,27,31)(H,28,30)/t17-,18-,19-,20+,21?,22+,25-,26+/m0/s1. The van der Waals surface area contributed by atoms with E-state index < -0.39 is 0 Å². The van der Waals surface area contributed by atoms with E-state index in [-0.39, 0.29) is 46.4 Å². The van der Waals surface area contributed by atoms with Crippen LogP contribution in [0.5, 0.6) is 0 Å². The molecule has 4 rings (SSSR count). The van der Waals surface area contributed by atoms with Crippen LogP contribution in [0.2, 0.25) is 0 Å². The quantitative estimate of drug-likeness (QED) is 0.694. The molecule has 1 unspecified atom stereocenters. The molecule has 5 nitrogen and oxygen atoms in total. The molecule has 1 aliphatic heterocycles. The van der Waals surface area contributed by atoms with Crippen molar-refractivity contribution in [2.45, 2.75) is 91.6 Å². The first kappa shape index (κ1) is 22.5. The van der Waals surface area contributed by atoms with Crippen molar-refractivity contribution in [3.63, 3.8) is 0 Å². The predicted molar refractivity (Wildman–Crippen MR) is 121 cm³/mol. The van der Waals surface area contributed by atoms with Crippen molar-refractivity contribution in [1.29, 1.82) is 0 Å². The highest BCUT2D eigenvalue weighted by Gasteiger charge is 2.60. The third kappa shape index (κ3) is 3.76. The highest BCUT2D eigenvalue weighted by molar-refractivity contribution is 5.89. The molecular formula is C26H40N2O3. The van der Waals surface area contributed by atoms with Crippen molar-refractivity contribution < 1.29 is 14.4 Å². The highest BCUT2D eigenvalue weighted by atomic mass is 16.2. The maximum atomic E-state index is 13.4. The number of carbonyl (C=O) groups excluding carboxylic acids is 3. The summed E-state index contributed by atoms with van der Waals surface area (Å²) in [6.07, 6.45) is 11.0. The third-order valence-electron chi connectivity index (χ3n) is 9.52. The average molecular weight is 429 g/mol. The molecule has 0 aromatic carbocycles. The Morgan fingerprint density at radius 2 is 1.87 bits per heavy atom. The summed E-state index contributed by atoms with van der Waals surface area (Å²) < 4.78 is 0. The summed E-state index contributed by atoms with van der Waals surface area (Å²) in [5.74, 6) is 2.28. The molecule has 0 aromatic rings. The molecule has 0 bridgehead atoms. The van der Waals surface area contributed by atoms with Gasteiger partial charge in [-0.1, -0.05) is 33.8 Å². The molecule has 2 N–H and O–H groups in total. The summed E-state index contributed by atoms with van der Waals surface area (Å²) in [6.45, 7) is 10.4. The van der Waals surface area contributed by atoms with E-state index in [0.717, 1.165) is 38.5 Å². The van der Waals surface area contributed by atoms with Crippen LogP contribution in [0, 0.1) is 40.4 Å². The van der Waals surface area contributed by atoms with Crippen LogP contribution in [-0.4, -0.2) is 29.7 Å². The van der Waals surface area contributed by atoms with Crippen LogP contribution < -0.4 is 10.6 Å². The maximum absolute atomic E-state index is 13.4. The zero-order valence-corrected chi connectivity index (χ0v) is 19.9. The molecule has 0 aromatic heterocycles. The number of ketones is 1. The van der Waals surface area contributed by atoms with E-state index in [4.69, 9.17) is 0 Å². The van der Waals surface area contributed by atoms with Gasteiger partial charge in [0.15, 0.2) is 5.78 Å². The first-order valence-corrected chi connectivity index (χ1v) is 12.4. The molecule has 3 aliphatic carbocycles. The molecule has 5 heteroatoms. The van der Waals surface area contributed by atoms with Crippen LogP contribution >= 0.6 is 0 Å². The molecule has 3 fully saturated rings. The number of hydrogen-bond acceptors (Lipinski definition) is 3. The molecule has 0 radical (unpaired) electrons. The van der Waals surface area contributed by atoms with Crippen LogP contribution in [0.4, 0.5) is 0 Å². The van der Waals surface area contributed by atoms with Crippen LogP contribution in [-0.2, 0) is 14.4 Å². The van der Waals surface area contributed by atoms with Gasteiger partial charge in [0.2, 0.25) is 11.8 Å². The van der Waals surface area contributed by atoms with Gasteiger partial charge in [0, 0.05) is 17.4 Å². The van der Waals surface area contributed by atoms with Crippen molar-refractivity contribution in [1.82, 2.24) is 10.6 Å². The van der Waals surface area contributed by atoms with Gasteiger partial charge < -0.3 is 10.6 Å². The maximum Gasteiger partial charge on any atom is 0.243 e. The van der Waals surface area contributed by atoms with Crippen molar-refractivity contribution in [3.05, 3.63) is 12.2 Å². The number of hydrogen-bond donors (Lipinski definition) is 2. The normalized spacial score (nSPS) is 42.3. The second kappa shape index (κ2) is 8.04. The number of Topliss-reactive ketones (excluding diaryl/α,β-unsaturated/α-hetero) is 1. The molecule has 31 heavy (non-hydrogen) atoms. The Labute approximate surface area is 187 Å². The number of amides is 2.